The van der Waals surface area contributed by atoms with Crippen molar-refractivity contribution in [1.29, 1.82) is 0 Å². The SMILES string of the molecule is c1ccc(-c2cccc(-c3nc(-c4cccc5ccccc45)c4sc5c6ccccc6c6ccccc6c5c4n3)c2)cc1. The van der Waals surface area contributed by atoms with E-state index < -0.39 is 0 Å². The molecule has 0 aliphatic rings. The van der Waals surface area contributed by atoms with Crippen molar-refractivity contribution in [2.45, 2.75) is 0 Å². The van der Waals surface area contributed by atoms with E-state index in [0.717, 1.165) is 38.4 Å². The molecular weight excluding hydrogens is 541 g/mol. The van der Waals surface area contributed by atoms with Gasteiger partial charge in [-0.1, -0.05) is 140 Å². The van der Waals surface area contributed by atoms with Crippen LogP contribution in [0.25, 0.3) is 86.4 Å². The highest BCUT2D eigenvalue weighted by Crippen LogP contribution is 2.47. The lowest BCUT2D eigenvalue weighted by molar-refractivity contribution is 1.24. The number of aromatic nitrogens is 2. The van der Waals surface area contributed by atoms with Crippen LogP contribution in [0.15, 0.2) is 146 Å². The second-order valence-corrected chi connectivity index (χ2v) is 12.0. The highest BCUT2D eigenvalue weighted by atomic mass is 32.1. The Morgan fingerprint density at radius 1 is 0.419 bits per heavy atom. The molecule has 0 amide bonds. The van der Waals surface area contributed by atoms with Crippen LogP contribution < -0.4 is 0 Å². The van der Waals surface area contributed by atoms with Crippen molar-refractivity contribution in [3.8, 4) is 33.8 Å². The molecule has 43 heavy (non-hydrogen) atoms. The van der Waals surface area contributed by atoms with Crippen LogP contribution in [0.1, 0.15) is 0 Å². The predicted octanol–water partition coefficient (Wildman–Crippen LogP) is 11.3. The Balaban J connectivity index is 1.44. The van der Waals surface area contributed by atoms with Crippen LogP contribution in [0.3, 0.4) is 0 Å². The lowest BCUT2D eigenvalue weighted by Crippen LogP contribution is -1.94. The molecule has 0 atom stereocenters. The first-order chi connectivity index (χ1) is 21.3. The average molecular weight is 565 g/mol. The average Bonchev–Trinajstić information content (AvgIpc) is 3.48. The predicted molar refractivity (Wildman–Crippen MR) is 184 cm³/mol. The summed E-state index contributed by atoms with van der Waals surface area (Å²) in [6.45, 7) is 0. The van der Waals surface area contributed by atoms with Gasteiger partial charge in [-0.25, -0.2) is 9.97 Å². The van der Waals surface area contributed by atoms with Crippen LogP contribution in [0.5, 0.6) is 0 Å². The fraction of sp³-hybridized carbons (Fsp3) is 0. The summed E-state index contributed by atoms with van der Waals surface area (Å²) in [7, 11) is 0. The molecule has 2 nitrogen and oxygen atoms in total. The van der Waals surface area contributed by atoms with Gasteiger partial charge in [-0.05, 0) is 44.1 Å². The van der Waals surface area contributed by atoms with Crippen molar-refractivity contribution < 1.29 is 0 Å². The molecule has 0 unspecified atom stereocenters. The van der Waals surface area contributed by atoms with Crippen molar-refractivity contribution in [3.05, 3.63) is 146 Å². The molecule has 0 N–H and O–H groups in total. The van der Waals surface area contributed by atoms with Gasteiger partial charge in [0.1, 0.15) is 0 Å². The Kier molecular flexibility index (Phi) is 5.40. The minimum atomic E-state index is 0.741. The molecule has 2 heterocycles. The van der Waals surface area contributed by atoms with Gasteiger partial charge in [-0.2, -0.15) is 0 Å². The molecule has 2 aromatic heterocycles. The zero-order valence-electron chi connectivity index (χ0n) is 23.2. The van der Waals surface area contributed by atoms with Gasteiger partial charge in [0.05, 0.1) is 15.9 Å². The third-order valence-electron chi connectivity index (χ3n) is 8.46. The lowest BCUT2D eigenvalue weighted by Gasteiger charge is -2.11. The molecular formula is C40H24N2S. The van der Waals surface area contributed by atoms with Gasteiger partial charge in [0.25, 0.3) is 0 Å². The van der Waals surface area contributed by atoms with Crippen molar-refractivity contribution in [2.75, 3.05) is 0 Å². The first-order valence-corrected chi connectivity index (χ1v) is 15.3. The monoisotopic (exact) mass is 564 g/mol. The van der Waals surface area contributed by atoms with Gasteiger partial charge < -0.3 is 0 Å². The Morgan fingerprint density at radius 2 is 1.02 bits per heavy atom. The van der Waals surface area contributed by atoms with Gasteiger partial charge in [0.15, 0.2) is 5.82 Å². The summed E-state index contributed by atoms with van der Waals surface area (Å²) in [5, 5.41) is 8.62. The maximum Gasteiger partial charge on any atom is 0.160 e. The molecule has 0 spiro atoms. The number of hydrogen-bond acceptors (Lipinski definition) is 3. The number of rotatable bonds is 3. The topological polar surface area (TPSA) is 25.8 Å². The molecule has 0 aliphatic heterocycles. The zero-order chi connectivity index (χ0) is 28.3. The number of fused-ring (bicyclic) bond motifs is 9. The third-order valence-corrected chi connectivity index (χ3v) is 9.68. The van der Waals surface area contributed by atoms with Crippen molar-refractivity contribution >= 4 is 64.0 Å². The molecule has 7 aromatic carbocycles. The normalized spacial score (nSPS) is 11.7. The molecule has 9 rings (SSSR count). The van der Waals surface area contributed by atoms with E-state index >= 15 is 0 Å². The van der Waals surface area contributed by atoms with E-state index in [0.29, 0.717) is 0 Å². The standard InChI is InChI=1S/C40H24N2S/c1-2-12-25(13-3-1)27-16-10-17-28(24-27)40-41-36(33-23-11-15-26-14-4-5-18-29(26)33)39-37(42-40)35-32-21-8-6-19-30(32)31-20-7-9-22-34(31)38(35)43-39/h1-24H. The molecule has 200 valence electrons. The molecule has 3 heteroatoms. The lowest BCUT2D eigenvalue weighted by atomic mass is 9.97. The second-order valence-electron chi connectivity index (χ2n) is 10.9. The summed E-state index contributed by atoms with van der Waals surface area (Å²) in [6, 6.07) is 51.7. The van der Waals surface area contributed by atoms with E-state index in [1.165, 1.54) is 48.0 Å². The van der Waals surface area contributed by atoms with Gasteiger partial charge in [-0.15, -0.1) is 11.3 Å². The number of hydrogen-bond donors (Lipinski definition) is 0. The van der Waals surface area contributed by atoms with Crippen molar-refractivity contribution in [3.63, 3.8) is 0 Å². The van der Waals surface area contributed by atoms with Gasteiger partial charge >= 0.3 is 0 Å². The van der Waals surface area contributed by atoms with Crippen molar-refractivity contribution in [2.24, 2.45) is 0 Å². The van der Waals surface area contributed by atoms with E-state index in [9.17, 15) is 0 Å². The Morgan fingerprint density at radius 3 is 1.86 bits per heavy atom. The van der Waals surface area contributed by atoms with Crippen LogP contribution in [0.4, 0.5) is 0 Å². The van der Waals surface area contributed by atoms with E-state index in [1.807, 2.05) is 11.3 Å². The fourth-order valence-corrected chi connectivity index (χ4v) is 7.78. The molecule has 9 aromatic rings. The Bertz CT molecular complexity index is 2500. The maximum absolute atomic E-state index is 5.39. The summed E-state index contributed by atoms with van der Waals surface area (Å²) in [5.41, 5.74) is 6.47. The summed E-state index contributed by atoms with van der Waals surface area (Å²) in [5.74, 6) is 0.741. The maximum atomic E-state index is 5.39. The number of thiophene rings is 1. The smallest absolute Gasteiger partial charge is 0.160 e. The molecule has 0 aliphatic carbocycles. The summed E-state index contributed by atoms with van der Waals surface area (Å²) < 4.78 is 2.38. The fourth-order valence-electron chi connectivity index (χ4n) is 6.48. The molecule has 0 saturated carbocycles. The summed E-state index contributed by atoms with van der Waals surface area (Å²) >= 11 is 1.81. The minimum Gasteiger partial charge on any atom is -0.226 e. The quantitative estimate of drug-likeness (QED) is 0.199. The Hall–Kier alpha value is -5.38. The molecule has 0 fully saturated rings. The molecule has 0 saturated heterocycles. The highest BCUT2D eigenvalue weighted by Gasteiger charge is 2.21. The first kappa shape index (κ1) is 24.2. The van der Waals surface area contributed by atoms with Crippen LogP contribution in [0, 0.1) is 0 Å². The van der Waals surface area contributed by atoms with Gasteiger partial charge in [0.2, 0.25) is 0 Å². The molecule has 0 radical (unpaired) electrons. The van der Waals surface area contributed by atoms with E-state index in [-0.39, 0.29) is 0 Å². The van der Waals surface area contributed by atoms with Crippen LogP contribution in [-0.2, 0) is 0 Å². The molecule has 0 bridgehead atoms. The van der Waals surface area contributed by atoms with Crippen molar-refractivity contribution in [1.82, 2.24) is 9.97 Å². The number of benzene rings is 7. The van der Waals surface area contributed by atoms with Crippen LogP contribution in [0.2, 0.25) is 0 Å². The first-order valence-electron chi connectivity index (χ1n) is 14.5. The van der Waals surface area contributed by atoms with E-state index in [1.54, 1.807) is 0 Å². The third kappa shape index (κ3) is 3.79. The van der Waals surface area contributed by atoms with Crippen LogP contribution in [-0.4, -0.2) is 9.97 Å². The minimum absolute atomic E-state index is 0.741. The van der Waals surface area contributed by atoms with Gasteiger partial charge in [0, 0.05) is 26.6 Å². The largest absolute Gasteiger partial charge is 0.226 e. The Labute approximate surface area is 252 Å². The van der Waals surface area contributed by atoms with Gasteiger partial charge in [-0.3, -0.25) is 0 Å². The zero-order valence-corrected chi connectivity index (χ0v) is 24.0. The highest BCUT2D eigenvalue weighted by molar-refractivity contribution is 7.27. The summed E-state index contributed by atoms with van der Waals surface area (Å²) in [6.07, 6.45) is 0. The van der Waals surface area contributed by atoms with E-state index in [2.05, 4.69) is 146 Å². The summed E-state index contributed by atoms with van der Waals surface area (Å²) in [4.78, 5) is 10.8. The number of nitrogens with zero attached hydrogens (tertiary/aromatic N) is 2. The van der Waals surface area contributed by atoms with Crippen LogP contribution >= 0.6 is 11.3 Å². The second kappa shape index (κ2) is 9.59. The van der Waals surface area contributed by atoms with E-state index in [4.69, 9.17) is 9.97 Å².